The molecule has 3 heterocycles. The van der Waals surface area contributed by atoms with Gasteiger partial charge in [0.05, 0.1) is 17.4 Å². The van der Waals surface area contributed by atoms with Crippen molar-refractivity contribution in [2.75, 3.05) is 47.4 Å². The lowest BCUT2D eigenvalue weighted by molar-refractivity contribution is 0.0989. The normalized spacial score (nSPS) is 16.1. The van der Waals surface area contributed by atoms with Gasteiger partial charge in [-0.1, -0.05) is 36.4 Å². The molecule has 0 bridgehead atoms. The smallest absolute Gasteiger partial charge is 0.259 e. The van der Waals surface area contributed by atoms with E-state index in [1.807, 2.05) is 41.4 Å². The molecular weight excluding hydrogens is 360 g/mol. The Morgan fingerprint density at radius 3 is 2.24 bits per heavy atom. The number of aromatic nitrogens is 1. The van der Waals surface area contributed by atoms with E-state index in [0.29, 0.717) is 5.56 Å². The number of carbonyl (C=O) groups is 1. The van der Waals surface area contributed by atoms with Crippen LogP contribution in [0.1, 0.15) is 15.9 Å². The summed E-state index contributed by atoms with van der Waals surface area (Å²) >= 11 is 0. The van der Waals surface area contributed by atoms with Gasteiger partial charge < -0.3 is 14.7 Å². The van der Waals surface area contributed by atoms with Crippen LogP contribution in [0.2, 0.25) is 0 Å². The summed E-state index contributed by atoms with van der Waals surface area (Å²) in [7, 11) is 0. The summed E-state index contributed by atoms with van der Waals surface area (Å²) in [6.07, 6.45) is 4.47. The Morgan fingerprint density at radius 2 is 1.45 bits per heavy atom. The van der Waals surface area contributed by atoms with Gasteiger partial charge >= 0.3 is 0 Å². The van der Waals surface area contributed by atoms with Crippen molar-refractivity contribution in [1.29, 1.82) is 0 Å². The van der Waals surface area contributed by atoms with Crippen LogP contribution in [0.15, 0.2) is 73.1 Å². The first-order chi connectivity index (χ1) is 14.3. The first-order valence-corrected chi connectivity index (χ1v) is 10.2. The molecule has 1 fully saturated rings. The number of benzene rings is 2. The van der Waals surface area contributed by atoms with Crippen LogP contribution in [0.4, 0.5) is 17.1 Å². The Balaban J connectivity index is 1.30. The number of hydrogen-bond acceptors (Lipinski definition) is 4. The van der Waals surface area contributed by atoms with Gasteiger partial charge in [-0.3, -0.25) is 9.78 Å². The molecule has 0 spiro atoms. The molecule has 146 valence electrons. The number of fused-ring (bicyclic) bond motifs is 1. The van der Waals surface area contributed by atoms with Gasteiger partial charge in [0.1, 0.15) is 0 Å². The summed E-state index contributed by atoms with van der Waals surface area (Å²) in [5.41, 5.74) is 5.21. The van der Waals surface area contributed by atoms with Crippen molar-refractivity contribution < 1.29 is 4.79 Å². The molecule has 2 aromatic carbocycles. The van der Waals surface area contributed by atoms with Crippen LogP contribution in [0.5, 0.6) is 0 Å². The van der Waals surface area contributed by atoms with Crippen LogP contribution in [-0.4, -0.2) is 43.6 Å². The van der Waals surface area contributed by atoms with Gasteiger partial charge in [-0.25, -0.2) is 0 Å². The van der Waals surface area contributed by atoms with E-state index in [-0.39, 0.29) is 5.91 Å². The fourth-order valence-electron chi connectivity index (χ4n) is 4.28. The van der Waals surface area contributed by atoms with Gasteiger partial charge in [-0.05, 0) is 36.2 Å². The lowest BCUT2D eigenvalue weighted by atomic mass is 10.1. The molecule has 3 aromatic rings. The summed E-state index contributed by atoms with van der Waals surface area (Å²) in [5.74, 6) is 0.0345. The molecule has 0 radical (unpaired) electrons. The van der Waals surface area contributed by atoms with Crippen molar-refractivity contribution in [3.05, 3.63) is 84.2 Å². The third kappa shape index (κ3) is 3.44. The van der Waals surface area contributed by atoms with Crippen LogP contribution in [0.25, 0.3) is 0 Å². The van der Waals surface area contributed by atoms with Crippen LogP contribution in [-0.2, 0) is 6.42 Å². The molecule has 2 aliphatic rings. The van der Waals surface area contributed by atoms with Gasteiger partial charge in [-0.2, -0.15) is 0 Å². The van der Waals surface area contributed by atoms with E-state index >= 15 is 0 Å². The predicted octanol–water partition coefficient (Wildman–Crippen LogP) is 3.61. The zero-order valence-electron chi connectivity index (χ0n) is 16.4. The standard InChI is InChI=1S/C24H24N4O/c29-24(28-11-10-19-6-4-5-9-23(19)28)20-16-22(18-25-17-20)27-14-12-26(13-15-27)21-7-2-1-3-8-21/h1-9,16-18H,10-15H2. The van der Waals surface area contributed by atoms with Crippen LogP contribution in [0.3, 0.4) is 0 Å². The zero-order chi connectivity index (χ0) is 19.6. The van der Waals surface area contributed by atoms with Crippen molar-refractivity contribution in [2.24, 2.45) is 0 Å². The first-order valence-electron chi connectivity index (χ1n) is 10.2. The molecule has 0 unspecified atom stereocenters. The van der Waals surface area contributed by atoms with Gasteiger partial charge in [0, 0.05) is 50.3 Å². The summed E-state index contributed by atoms with van der Waals surface area (Å²) in [5, 5.41) is 0. The molecule has 0 N–H and O–H groups in total. The molecule has 5 nitrogen and oxygen atoms in total. The largest absolute Gasteiger partial charge is 0.368 e. The number of pyridine rings is 1. The predicted molar refractivity (Wildman–Crippen MR) is 117 cm³/mol. The number of nitrogens with zero attached hydrogens (tertiary/aromatic N) is 4. The highest BCUT2D eigenvalue weighted by atomic mass is 16.2. The summed E-state index contributed by atoms with van der Waals surface area (Å²) in [6.45, 7) is 4.49. The monoisotopic (exact) mass is 384 g/mol. The number of carbonyl (C=O) groups excluding carboxylic acids is 1. The average molecular weight is 384 g/mol. The molecule has 0 atom stereocenters. The van der Waals surface area contributed by atoms with E-state index < -0.39 is 0 Å². The summed E-state index contributed by atoms with van der Waals surface area (Å²) < 4.78 is 0. The minimum absolute atomic E-state index is 0.0345. The quantitative estimate of drug-likeness (QED) is 0.692. The SMILES string of the molecule is O=C(c1cncc(N2CCN(c3ccccc3)CC2)c1)N1CCc2ccccc21. The summed E-state index contributed by atoms with van der Waals surface area (Å²) in [4.78, 5) is 24.1. The van der Waals surface area contributed by atoms with E-state index in [2.05, 4.69) is 45.1 Å². The molecule has 0 saturated carbocycles. The maximum Gasteiger partial charge on any atom is 0.259 e. The maximum absolute atomic E-state index is 13.1. The molecule has 5 rings (SSSR count). The van der Waals surface area contributed by atoms with Gasteiger partial charge in [-0.15, -0.1) is 0 Å². The molecule has 0 aliphatic carbocycles. The molecule has 1 amide bonds. The van der Waals surface area contributed by atoms with E-state index in [0.717, 1.165) is 50.5 Å². The highest BCUT2D eigenvalue weighted by Gasteiger charge is 2.26. The number of rotatable bonds is 3. The Bertz CT molecular complexity index is 1010. The molecule has 29 heavy (non-hydrogen) atoms. The van der Waals surface area contributed by atoms with Crippen molar-refractivity contribution in [3.63, 3.8) is 0 Å². The van der Waals surface area contributed by atoms with Crippen molar-refractivity contribution in [3.8, 4) is 0 Å². The topological polar surface area (TPSA) is 39.7 Å². The second-order valence-electron chi connectivity index (χ2n) is 7.58. The minimum Gasteiger partial charge on any atom is -0.368 e. The van der Waals surface area contributed by atoms with E-state index in [4.69, 9.17) is 0 Å². The number of piperazine rings is 1. The molecule has 1 saturated heterocycles. The van der Waals surface area contributed by atoms with Crippen LogP contribution >= 0.6 is 0 Å². The average Bonchev–Trinajstić information content (AvgIpc) is 3.24. The van der Waals surface area contributed by atoms with Crippen molar-refractivity contribution >= 4 is 23.0 Å². The van der Waals surface area contributed by atoms with Crippen molar-refractivity contribution in [1.82, 2.24) is 4.98 Å². The maximum atomic E-state index is 13.1. The molecule has 2 aliphatic heterocycles. The Labute approximate surface area is 171 Å². The number of anilines is 3. The lowest BCUT2D eigenvalue weighted by Crippen LogP contribution is -2.46. The van der Waals surface area contributed by atoms with Crippen LogP contribution in [0, 0.1) is 0 Å². The van der Waals surface area contributed by atoms with E-state index in [9.17, 15) is 4.79 Å². The Hall–Kier alpha value is -3.34. The highest BCUT2D eigenvalue weighted by molar-refractivity contribution is 6.07. The second-order valence-corrected chi connectivity index (χ2v) is 7.58. The molecule has 1 aromatic heterocycles. The van der Waals surface area contributed by atoms with Crippen LogP contribution < -0.4 is 14.7 Å². The van der Waals surface area contributed by atoms with E-state index in [1.54, 1.807) is 6.20 Å². The fraction of sp³-hybridized carbons (Fsp3) is 0.250. The van der Waals surface area contributed by atoms with Gasteiger partial charge in [0.25, 0.3) is 5.91 Å². The second kappa shape index (κ2) is 7.59. The Kier molecular flexibility index (Phi) is 4.64. The highest BCUT2D eigenvalue weighted by Crippen LogP contribution is 2.29. The lowest BCUT2D eigenvalue weighted by Gasteiger charge is -2.37. The van der Waals surface area contributed by atoms with E-state index in [1.165, 1.54) is 11.3 Å². The number of amides is 1. The van der Waals surface area contributed by atoms with Crippen molar-refractivity contribution in [2.45, 2.75) is 6.42 Å². The minimum atomic E-state index is 0.0345. The van der Waals surface area contributed by atoms with Gasteiger partial charge in [0.2, 0.25) is 0 Å². The zero-order valence-corrected chi connectivity index (χ0v) is 16.4. The fourth-order valence-corrected chi connectivity index (χ4v) is 4.28. The van der Waals surface area contributed by atoms with Gasteiger partial charge in [0.15, 0.2) is 0 Å². The number of hydrogen-bond donors (Lipinski definition) is 0. The first kappa shape index (κ1) is 17.7. The molecule has 5 heteroatoms. The Morgan fingerprint density at radius 1 is 0.759 bits per heavy atom. The third-order valence-electron chi connectivity index (χ3n) is 5.87. The number of para-hydroxylation sites is 2. The third-order valence-corrected chi connectivity index (χ3v) is 5.87. The summed E-state index contributed by atoms with van der Waals surface area (Å²) in [6, 6.07) is 20.7. The molecular formula is C24H24N4O.